The number of anilines is 1. The molecule has 0 aromatic heterocycles. The molecule has 0 spiro atoms. The Bertz CT molecular complexity index is 739. The summed E-state index contributed by atoms with van der Waals surface area (Å²) in [6, 6.07) is 12.9. The van der Waals surface area contributed by atoms with Gasteiger partial charge in [0, 0.05) is 11.3 Å². The van der Waals surface area contributed by atoms with Crippen LogP contribution in [0.1, 0.15) is 23.6 Å². The first-order valence-corrected chi connectivity index (χ1v) is 7.40. The van der Waals surface area contributed by atoms with Crippen LogP contribution < -0.4 is 10.7 Å². The Hall–Kier alpha value is -2.82. The van der Waals surface area contributed by atoms with Gasteiger partial charge in [-0.1, -0.05) is 29.8 Å². The van der Waals surface area contributed by atoms with E-state index in [4.69, 9.17) is 0 Å². The number of aryl methyl sites for hydroxylation is 2. The first-order valence-electron chi connectivity index (χ1n) is 7.40. The molecule has 2 rings (SSSR count). The van der Waals surface area contributed by atoms with E-state index in [0.29, 0.717) is 11.3 Å². The molecule has 120 valence electrons. The second-order valence-corrected chi connectivity index (χ2v) is 5.42. The standard InChI is InChI=1S/C18H21N3O2/c1-12-8-9-16(13(2)10-12)19-11-18(23)21-20-14(3)15-6-4-5-7-17(15)22/h4-10,19,22H,11H2,1-3H3,(H,21,23)/b20-14+. The first-order chi connectivity index (χ1) is 11.0. The summed E-state index contributed by atoms with van der Waals surface area (Å²) in [5.41, 5.74) is 6.82. The molecule has 0 saturated carbocycles. The third kappa shape index (κ3) is 4.57. The van der Waals surface area contributed by atoms with Crippen LogP contribution in [-0.2, 0) is 4.79 Å². The lowest BCUT2D eigenvalue weighted by molar-refractivity contribution is -0.119. The Balaban J connectivity index is 1.92. The molecule has 0 aliphatic rings. The number of hydrazone groups is 1. The van der Waals surface area contributed by atoms with E-state index in [1.54, 1.807) is 31.2 Å². The predicted octanol–water partition coefficient (Wildman–Crippen LogP) is 2.96. The lowest BCUT2D eigenvalue weighted by Gasteiger charge is -2.09. The molecule has 0 bridgehead atoms. The number of hydrogen-bond acceptors (Lipinski definition) is 4. The second-order valence-electron chi connectivity index (χ2n) is 5.42. The first kappa shape index (κ1) is 16.5. The van der Waals surface area contributed by atoms with Crippen LogP contribution in [0.3, 0.4) is 0 Å². The van der Waals surface area contributed by atoms with E-state index in [1.807, 2.05) is 26.0 Å². The summed E-state index contributed by atoms with van der Waals surface area (Å²) in [4.78, 5) is 11.9. The Labute approximate surface area is 136 Å². The number of aromatic hydroxyl groups is 1. The summed E-state index contributed by atoms with van der Waals surface area (Å²) < 4.78 is 0. The number of rotatable bonds is 5. The number of hydrogen-bond donors (Lipinski definition) is 3. The van der Waals surface area contributed by atoms with E-state index in [2.05, 4.69) is 21.9 Å². The predicted molar refractivity (Wildman–Crippen MR) is 92.9 cm³/mol. The smallest absolute Gasteiger partial charge is 0.259 e. The van der Waals surface area contributed by atoms with Gasteiger partial charge in [-0.2, -0.15) is 5.10 Å². The Kier molecular flexibility index (Phi) is 5.36. The Morgan fingerprint density at radius 1 is 1.17 bits per heavy atom. The maximum atomic E-state index is 11.9. The van der Waals surface area contributed by atoms with E-state index < -0.39 is 0 Å². The molecule has 0 heterocycles. The van der Waals surface area contributed by atoms with Crippen LogP contribution in [-0.4, -0.2) is 23.3 Å². The molecule has 5 nitrogen and oxygen atoms in total. The monoisotopic (exact) mass is 311 g/mol. The summed E-state index contributed by atoms with van der Waals surface area (Å²) >= 11 is 0. The van der Waals surface area contributed by atoms with Gasteiger partial charge in [-0.15, -0.1) is 0 Å². The summed E-state index contributed by atoms with van der Waals surface area (Å²) in [6.45, 7) is 5.88. The lowest BCUT2D eigenvalue weighted by Crippen LogP contribution is -2.27. The normalized spacial score (nSPS) is 11.2. The molecule has 0 radical (unpaired) electrons. The van der Waals surface area contributed by atoms with E-state index in [0.717, 1.165) is 11.3 Å². The fourth-order valence-electron chi connectivity index (χ4n) is 2.21. The molecule has 2 aromatic carbocycles. The van der Waals surface area contributed by atoms with Gasteiger partial charge in [0.15, 0.2) is 0 Å². The van der Waals surface area contributed by atoms with Gasteiger partial charge in [0.25, 0.3) is 5.91 Å². The van der Waals surface area contributed by atoms with Crippen molar-refractivity contribution in [1.29, 1.82) is 0 Å². The molecule has 3 N–H and O–H groups in total. The minimum Gasteiger partial charge on any atom is -0.507 e. The van der Waals surface area contributed by atoms with Gasteiger partial charge in [-0.05, 0) is 44.5 Å². The van der Waals surface area contributed by atoms with E-state index in [1.165, 1.54) is 5.56 Å². The molecule has 23 heavy (non-hydrogen) atoms. The zero-order valence-corrected chi connectivity index (χ0v) is 13.6. The quantitative estimate of drug-likeness (QED) is 0.587. The van der Waals surface area contributed by atoms with Crippen molar-refractivity contribution < 1.29 is 9.90 Å². The second kappa shape index (κ2) is 7.45. The summed E-state index contributed by atoms with van der Waals surface area (Å²) in [5, 5.41) is 16.9. The summed E-state index contributed by atoms with van der Waals surface area (Å²) in [6.07, 6.45) is 0. The number of benzene rings is 2. The fourth-order valence-corrected chi connectivity index (χ4v) is 2.21. The van der Waals surface area contributed by atoms with Crippen molar-refractivity contribution in [2.45, 2.75) is 20.8 Å². The highest BCUT2D eigenvalue weighted by Gasteiger charge is 2.05. The molecule has 0 unspecified atom stereocenters. The fraction of sp³-hybridized carbons (Fsp3) is 0.222. The van der Waals surface area contributed by atoms with E-state index in [-0.39, 0.29) is 18.2 Å². The van der Waals surface area contributed by atoms with Crippen LogP contribution in [0.15, 0.2) is 47.6 Å². The van der Waals surface area contributed by atoms with Gasteiger partial charge in [0.2, 0.25) is 0 Å². The number of phenolic OH excluding ortho intramolecular Hbond substituents is 1. The number of carbonyl (C=O) groups excluding carboxylic acids is 1. The van der Waals surface area contributed by atoms with Crippen LogP contribution in [0.2, 0.25) is 0 Å². The third-order valence-corrected chi connectivity index (χ3v) is 3.46. The highest BCUT2D eigenvalue weighted by Crippen LogP contribution is 2.16. The molecule has 2 aromatic rings. The van der Waals surface area contributed by atoms with Crippen molar-refractivity contribution in [3.8, 4) is 5.75 Å². The number of nitrogens with one attached hydrogen (secondary N) is 2. The molecule has 5 heteroatoms. The zero-order chi connectivity index (χ0) is 16.8. The van der Waals surface area contributed by atoms with Crippen LogP contribution >= 0.6 is 0 Å². The third-order valence-electron chi connectivity index (χ3n) is 3.46. The maximum Gasteiger partial charge on any atom is 0.259 e. The molecule has 0 saturated heterocycles. The summed E-state index contributed by atoms with van der Waals surface area (Å²) in [7, 11) is 0. The van der Waals surface area contributed by atoms with Crippen molar-refractivity contribution in [3.05, 3.63) is 59.2 Å². The molecule has 0 atom stereocenters. The topological polar surface area (TPSA) is 73.7 Å². The highest BCUT2D eigenvalue weighted by atomic mass is 16.3. The van der Waals surface area contributed by atoms with Crippen molar-refractivity contribution in [2.75, 3.05) is 11.9 Å². The SMILES string of the molecule is C/C(=N\NC(=O)CNc1ccc(C)cc1C)c1ccccc1O. The van der Waals surface area contributed by atoms with Crippen molar-refractivity contribution in [3.63, 3.8) is 0 Å². The molecular formula is C18H21N3O2. The van der Waals surface area contributed by atoms with Crippen LogP contribution in [0.4, 0.5) is 5.69 Å². The molecule has 0 fully saturated rings. The van der Waals surface area contributed by atoms with Crippen LogP contribution in [0, 0.1) is 13.8 Å². The van der Waals surface area contributed by atoms with Crippen LogP contribution in [0.25, 0.3) is 0 Å². The zero-order valence-electron chi connectivity index (χ0n) is 13.6. The van der Waals surface area contributed by atoms with E-state index in [9.17, 15) is 9.90 Å². The van der Waals surface area contributed by atoms with Gasteiger partial charge in [0.05, 0.1) is 12.3 Å². The number of phenols is 1. The number of para-hydroxylation sites is 1. The van der Waals surface area contributed by atoms with Gasteiger partial charge in [-0.3, -0.25) is 4.79 Å². The molecular weight excluding hydrogens is 290 g/mol. The van der Waals surface area contributed by atoms with Crippen molar-refractivity contribution >= 4 is 17.3 Å². The maximum absolute atomic E-state index is 11.9. The minimum atomic E-state index is -0.250. The molecule has 0 aliphatic heterocycles. The van der Waals surface area contributed by atoms with Crippen molar-refractivity contribution in [1.82, 2.24) is 5.43 Å². The van der Waals surface area contributed by atoms with E-state index >= 15 is 0 Å². The number of nitrogens with zero attached hydrogens (tertiary/aromatic N) is 1. The van der Waals surface area contributed by atoms with Gasteiger partial charge in [-0.25, -0.2) is 5.43 Å². The Morgan fingerprint density at radius 3 is 2.61 bits per heavy atom. The van der Waals surface area contributed by atoms with Crippen molar-refractivity contribution in [2.24, 2.45) is 5.10 Å². The average molecular weight is 311 g/mol. The van der Waals surface area contributed by atoms with Crippen LogP contribution in [0.5, 0.6) is 5.75 Å². The summed E-state index contributed by atoms with van der Waals surface area (Å²) in [5.74, 6) is -0.115. The lowest BCUT2D eigenvalue weighted by atomic mass is 10.1. The minimum absolute atomic E-state index is 0.126. The number of amides is 1. The largest absolute Gasteiger partial charge is 0.507 e. The Morgan fingerprint density at radius 2 is 1.91 bits per heavy atom. The number of carbonyl (C=O) groups is 1. The van der Waals surface area contributed by atoms with Gasteiger partial charge < -0.3 is 10.4 Å². The highest BCUT2D eigenvalue weighted by molar-refractivity contribution is 6.01. The average Bonchev–Trinajstić information content (AvgIpc) is 2.52. The molecule has 1 amide bonds. The molecule has 0 aliphatic carbocycles. The van der Waals surface area contributed by atoms with Gasteiger partial charge >= 0.3 is 0 Å². The van der Waals surface area contributed by atoms with Gasteiger partial charge in [0.1, 0.15) is 5.75 Å².